The largest absolute Gasteiger partial charge is 0.612 e. The average molecular weight is 381 g/mol. The zero-order chi connectivity index (χ0) is 18.4. The number of hydrogen-bond donors (Lipinski definition) is 0. The highest BCUT2D eigenvalue weighted by atomic mass is 32.2. The SMILES string of the molecule is C[S+]([O-])c1nc(-c2ccc(C#N)c([S+](C)[O-])c2)c2c(n1)C(F)(F)CC2. The minimum Gasteiger partial charge on any atom is -0.612 e. The van der Waals surface area contributed by atoms with E-state index in [0.29, 0.717) is 16.0 Å². The molecule has 0 fully saturated rings. The molecule has 2 unspecified atom stereocenters. The molecule has 0 N–H and O–H groups in total. The van der Waals surface area contributed by atoms with E-state index in [1.807, 2.05) is 6.07 Å². The second-order valence-electron chi connectivity index (χ2n) is 5.62. The molecule has 0 radical (unpaired) electrons. The lowest BCUT2D eigenvalue weighted by Gasteiger charge is -2.14. The van der Waals surface area contributed by atoms with Gasteiger partial charge in [-0.05, 0) is 23.7 Å². The third kappa shape index (κ3) is 3.22. The summed E-state index contributed by atoms with van der Waals surface area (Å²) in [6, 6.07) is 6.51. The van der Waals surface area contributed by atoms with Crippen molar-refractivity contribution in [3.63, 3.8) is 0 Å². The Morgan fingerprint density at radius 3 is 2.52 bits per heavy atom. The number of nitriles is 1. The van der Waals surface area contributed by atoms with E-state index in [1.165, 1.54) is 24.6 Å². The summed E-state index contributed by atoms with van der Waals surface area (Å²) in [5.74, 6) is -3.09. The molecule has 0 amide bonds. The Morgan fingerprint density at radius 2 is 1.92 bits per heavy atom. The first-order chi connectivity index (χ1) is 11.7. The van der Waals surface area contributed by atoms with Crippen molar-refractivity contribution in [2.75, 3.05) is 12.5 Å². The van der Waals surface area contributed by atoms with E-state index in [-0.39, 0.29) is 29.3 Å². The van der Waals surface area contributed by atoms with E-state index in [2.05, 4.69) is 9.97 Å². The van der Waals surface area contributed by atoms with Crippen LogP contribution in [0.15, 0.2) is 28.3 Å². The predicted octanol–water partition coefficient (Wildman–Crippen LogP) is 2.53. The number of fused-ring (bicyclic) bond motifs is 1. The van der Waals surface area contributed by atoms with Crippen LogP contribution < -0.4 is 0 Å². The number of aromatic nitrogens is 2. The van der Waals surface area contributed by atoms with Gasteiger partial charge in [-0.15, -0.1) is 0 Å². The van der Waals surface area contributed by atoms with Crippen molar-refractivity contribution in [1.82, 2.24) is 9.97 Å². The summed E-state index contributed by atoms with van der Waals surface area (Å²) in [5.41, 5.74) is 0.860. The number of halogens is 2. The molecule has 2 atom stereocenters. The summed E-state index contributed by atoms with van der Waals surface area (Å²) in [5, 5.41) is 8.95. The minimum absolute atomic E-state index is 0.0961. The van der Waals surface area contributed by atoms with E-state index < -0.39 is 34.0 Å². The molecule has 0 bridgehead atoms. The van der Waals surface area contributed by atoms with Gasteiger partial charge in [-0.2, -0.15) is 24.0 Å². The smallest absolute Gasteiger partial charge is 0.343 e. The third-order valence-electron chi connectivity index (χ3n) is 3.96. The van der Waals surface area contributed by atoms with Crippen molar-refractivity contribution in [3.8, 4) is 17.3 Å². The molecule has 0 aliphatic heterocycles. The number of alkyl halides is 2. The topological polar surface area (TPSA) is 95.7 Å². The van der Waals surface area contributed by atoms with Crippen molar-refractivity contribution in [2.45, 2.75) is 28.8 Å². The molecule has 0 spiro atoms. The van der Waals surface area contributed by atoms with Gasteiger partial charge in [0.15, 0.2) is 4.90 Å². The van der Waals surface area contributed by atoms with Gasteiger partial charge in [0.05, 0.1) is 5.69 Å². The fraction of sp³-hybridized carbons (Fsp3) is 0.312. The lowest BCUT2D eigenvalue weighted by molar-refractivity contribution is -0.00653. The predicted molar refractivity (Wildman–Crippen MR) is 89.1 cm³/mol. The van der Waals surface area contributed by atoms with Gasteiger partial charge in [0, 0.05) is 34.8 Å². The second-order valence-corrected chi connectivity index (χ2v) is 8.24. The molecule has 1 heterocycles. The summed E-state index contributed by atoms with van der Waals surface area (Å²) in [4.78, 5) is 8.32. The van der Waals surface area contributed by atoms with Gasteiger partial charge in [-0.25, -0.2) is 0 Å². The first-order valence-corrected chi connectivity index (χ1v) is 10.4. The minimum atomic E-state index is -3.09. The van der Waals surface area contributed by atoms with Crippen molar-refractivity contribution >= 4 is 22.4 Å². The van der Waals surface area contributed by atoms with Crippen molar-refractivity contribution in [1.29, 1.82) is 5.26 Å². The molecule has 1 aliphatic rings. The molecule has 0 saturated carbocycles. The molecule has 130 valence electrons. The van der Waals surface area contributed by atoms with Crippen LogP contribution in [0, 0.1) is 11.3 Å². The lowest BCUT2D eigenvalue weighted by atomic mass is 10.0. The standard InChI is InChI=1S/C16H13F2N3O2S2/c1-24(22)12-7-9(3-4-10(12)8-19)13-11-5-6-16(17,18)14(11)21-15(20-13)25(2)23/h3-4,7H,5-6H2,1-2H3. The van der Waals surface area contributed by atoms with Crippen molar-refractivity contribution in [3.05, 3.63) is 35.0 Å². The molecule has 2 aromatic rings. The first-order valence-electron chi connectivity index (χ1n) is 7.25. The number of rotatable bonds is 3. The number of benzene rings is 1. The molecule has 9 heteroatoms. The van der Waals surface area contributed by atoms with Crippen molar-refractivity contribution < 1.29 is 17.9 Å². The molecule has 25 heavy (non-hydrogen) atoms. The number of nitrogens with zero attached hydrogens (tertiary/aromatic N) is 3. The molecule has 1 aromatic carbocycles. The molecule has 5 nitrogen and oxygen atoms in total. The van der Waals surface area contributed by atoms with Gasteiger partial charge < -0.3 is 9.11 Å². The maximum atomic E-state index is 14.1. The quantitative estimate of drug-likeness (QED) is 0.601. The summed E-state index contributed by atoms with van der Waals surface area (Å²) < 4.78 is 51.9. The fourth-order valence-corrected chi connectivity index (χ4v) is 3.93. The van der Waals surface area contributed by atoms with E-state index in [4.69, 9.17) is 5.26 Å². The van der Waals surface area contributed by atoms with E-state index in [9.17, 15) is 17.9 Å². The Kier molecular flexibility index (Phi) is 4.72. The third-order valence-corrected chi connectivity index (χ3v) is 5.62. The van der Waals surface area contributed by atoms with Crippen LogP contribution in [0.1, 0.15) is 23.2 Å². The van der Waals surface area contributed by atoms with Gasteiger partial charge in [0.25, 0.3) is 5.92 Å². The zero-order valence-electron chi connectivity index (χ0n) is 13.4. The van der Waals surface area contributed by atoms with Gasteiger partial charge in [-0.3, -0.25) is 0 Å². The Balaban J connectivity index is 2.25. The summed E-state index contributed by atoms with van der Waals surface area (Å²) >= 11 is -3.05. The molecular weight excluding hydrogens is 368 g/mol. The van der Waals surface area contributed by atoms with Crippen LogP contribution in [0.2, 0.25) is 0 Å². The molecule has 1 aliphatic carbocycles. The highest BCUT2D eigenvalue weighted by molar-refractivity contribution is 7.91. The molecule has 3 rings (SSSR count). The molecule has 1 aromatic heterocycles. The molecule has 0 saturated heterocycles. The van der Waals surface area contributed by atoms with Gasteiger partial charge in [0.1, 0.15) is 29.8 Å². The maximum absolute atomic E-state index is 14.1. The summed E-state index contributed by atoms with van der Waals surface area (Å²) in [7, 11) is 0. The molecular formula is C16H13F2N3O2S2. The van der Waals surface area contributed by atoms with Crippen LogP contribution >= 0.6 is 0 Å². The summed E-state index contributed by atoms with van der Waals surface area (Å²) in [6.45, 7) is 0. The van der Waals surface area contributed by atoms with Gasteiger partial charge in [0.2, 0.25) is 0 Å². The van der Waals surface area contributed by atoms with Crippen LogP contribution in [0.5, 0.6) is 0 Å². The van der Waals surface area contributed by atoms with Gasteiger partial charge in [-0.1, -0.05) is 6.07 Å². The lowest BCUT2D eigenvalue weighted by Crippen LogP contribution is -2.15. The van der Waals surface area contributed by atoms with Crippen LogP contribution in [-0.4, -0.2) is 31.6 Å². The average Bonchev–Trinajstić information content (AvgIpc) is 2.88. The highest BCUT2D eigenvalue weighted by Gasteiger charge is 2.44. The summed E-state index contributed by atoms with van der Waals surface area (Å²) in [6.07, 6.45) is 2.47. The van der Waals surface area contributed by atoms with E-state index in [1.54, 1.807) is 6.07 Å². The zero-order valence-corrected chi connectivity index (χ0v) is 15.0. The highest BCUT2D eigenvalue weighted by Crippen LogP contribution is 2.44. The fourth-order valence-electron chi connectivity index (χ4n) is 2.77. The second kappa shape index (κ2) is 6.53. The van der Waals surface area contributed by atoms with Crippen LogP contribution in [-0.2, 0) is 34.7 Å². The normalized spacial score (nSPS) is 17.6. The van der Waals surface area contributed by atoms with Crippen molar-refractivity contribution in [2.24, 2.45) is 0 Å². The maximum Gasteiger partial charge on any atom is 0.343 e. The Bertz CT molecular complexity index is 882. The van der Waals surface area contributed by atoms with Crippen LogP contribution in [0.4, 0.5) is 8.78 Å². The Hall–Kier alpha value is -1.73. The van der Waals surface area contributed by atoms with Gasteiger partial charge >= 0.3 is 5.16 Å². The number of hydrogen-bond acceptors (Lipinski definition) is 5. The van der Waals surface area contributed by atoms with E-state index >= 15 is 0 Å². The Labute approximate surface area is 149 Å². The van der Waals surface area contributed by atoms with Crippen LogP contribution in [0.25, 0.3) is 11.3 Å². The van der Waals surface area contributed by atoms with Crippen LogP contribution in [0.3, 0.4) is 0 Å². The van der Waals surface area contributed by atoms with E-state index in [0.717, 1.165) is 0 Å². The first kappa shape index (κ1) is 18.1. The monoisotopic (exact) mass is 381 g/mol. The Morgan fingerprint density at radius 1 is 1.20 bits per heavy atom.